The Morgan fingerprint density at radius 2 is 1.70 bits per heavy atom. The van der Waals surface area contributed by atoms with Crippen LogP contribution in [0, 0.1) is 51.2 Å². The smallest absolute Gasteiger partial charge is 0.328 e. The second kappa shape index (κ2) is 12.4. The molecule has 1 saturated heterocycles. The third kappa shape index (κ3) is 5.86. The first-order valence-corrected chi connectivity index (χ1v) is 20.5. The van der Waals surface area contributed by atoms with Crippen molar-refractivity contribution in [2.24, 2.45) is 51.2 Å². The van der Waals surface area contributed by atoms with Crippen molar-refractivity contribution in [3.05, 3.63) is 48.1 Å². The van der Waals surface area contributed by atoms with E-state index in [-0.39, 0.29) is 16.4 Å². The van der Waals surface area contributed by atoms with E-state index in [4.69, 9.17) is 5.11 Å². The lowest BCUT2D eigenvalue weighted by atomic mass is 9.33. The molecule has 0 spiro atoms. The maximum Gasteiger partial charge on any atom is 0.328 e. The fraction of sp³-hybridized carbons (Fsp3) is 0.775. The molecule has 0 unspecified atom stereocenters. The van der Waals surface area contributed by atoms with Crippen molar-refractivity contribution in [1.82, 2.24) is 10.2 Å². The number of allylic oxidation sites excluding steroid dienone is 6. The highest BCUT2D eigenvalue weighted by atomic mass is 32.3. The van der Waals surface area contributed by atoms with Gasteiger partial charge >= 0.3 is 5.97 Å². The Labute approximate surface area is 287 Å². The minimum atomic E-state index is -2.36. The van der Waals surface area contributed by atoms with Gasteiger partial charge in [0.2, 0.25) is 0 Å². The van der Waals surface area contributed by atoms with E-state index >= 15 is 0 Å². The van der Waals surface area contributed by atoms with Crippen molar-refractivity contribution in [3.63, 3.8) is 0 Å². The monoisotopic (exact) mass is 668 g/mol. The van der Waals surface area contributed by atoms with Crippen LogP contribution in [0.3, 0.4) is 0 Å². The van der Waals surface area contributed by atoms with Crippen molar-refractivity contribution >= 4 is 16.6 Å². The fourth-order valence-corrected chi connectivity index (χ4v) is 14.4. The lowest BCUT2D eigenvalue weighted by Gasteiger charge is -2.72. The molecule has 6 aliphatic rings. The summed E-state index contributed by atoms with van der Waals surface area (Å²) in [4.78, 5) is 13.4. The maximum atomic E-state index is 11.0. The Bertz CT molecular complexity index is 1330. The molecule has 6 nitrogen and oxygen atoms in total. The first-order valence-electron chi connectivity index (χ1n) is 18.6. The van der Waals surface area contributed by atoms with E-state index in [1.807, 2.05) is 6.08 Å². The summed E-state index contributed by atoms with van der Waals surface area (Å²) in [7, 11) is -2.36. The topological polar surface area (TPSA) is 93.0 Å². The van der Waals surface area contributed by atoms with Crippen LogP contribution in [0.25, 0.3) is 0 Å². The van der Waals surface area contributed by atoms with Crippen molar-refractivity contribution < 1.29 is 19.0 Å². The van der Waals surface area contributed by atoms with Crippen molar-refractivity contribution in [2.75, 3.05) is 37.7 Å². The number of carboxylic acids is 1. The van der Waals surface area contributed by atoms with Crippen LogP contribution < -0.4 is 5.32 Å². The maximum absolute atomic E-state index is 11.0. The second-order valence-electron chi connectivity index (χ2n) is 18.0. The average Bonchev–Trinajstić information content (AvgIpc) is 3.37. The minimum Gasteiger partial charge on any atom is -0.478 e. The van der Waals surface area contributed by atoms with Crippen molar-refractivity contribution in [1.29, 1.82) is 0 Å². The molecule has 7 heteroatoms. The number of nitrogens with zero attached hydrogens (tertiary/aromatic N) is 1. The average molecular weight is 669 g/mol. The third-order valence-electron chi connectivity index (χ3n) is 15.7. The Morgan fingerprint density at radius 3 is 2.38 bits per heavy atom. The van der Waals surface area contributed by atoms with Crippen LogP contribution in [0.5, 0.6) is 0 Å². The Hall–Kier alpha value is -1.38. The molecule has 0 radical (unpaired) electrons. The molecule has 4 N–H and O–H groups in total. The molecule has 6 rings (SSSR count). The summed E-state index contributed by atoms with van der Waals surface area (Å²) in [5.41, 5.74) is 3.83. The number of carboxylic acid groups (broad SMARTS) is 1. The second-order valence-corrected chi connectivity index (χ2v) is 20.4. The molecule has 0 aromatic carbocycles. The van der Waals surface area contributed by atoms with E-state index in [0.717, 1.165) is 32.6 Å². The molecule has 0 amide bonds. The lowest BCUT2D eigenvalue weighted by Crippen LogP contribution is -2.68. The fourth-order valence-electron chi connectivity index (χ4n) is 13.1. The van der Waals surface area contributed by atoms with Crippen LogP contribution in [0.2, 0.25) is 0 Å². The van der Waals surface area contributed by atoms with Crippen LogP contribution in [-0.4, -0.2) is 68.3 Å². The van der Waals surface area contributed by atoms with E-state index < -0.39 is 16.6 Å². The first-order chi connectivity index (χ1) is 22.0. The van der Waals surface area contributed by atoms with Crippen molar-refractivity contribution in [3.8, 4) is 0 Å². The van der Waals surface area contributed by atoms with Crippen LogP contribution in [0.15, 0.2) is 48.1 Å². The van der Waals surface area contributed by atoms with E-state index in [1.54, 1.807) is 6.08 Å². The molecule has 4 saturated carbocycles. The van der Waals surface area contributed by atoms with Gasteiger partial charge in [-0.2, -0.15) is 10.6 Å². The Morgan fingerprint density at radius 1 is 0.979 bits per heavy atom. The Balaban J connectivity index is 1.24. The van der Waals surface area contributed by atoms with Gasteiger partial charge in [-0.15, -0.1) is 0 Å². The molecule has 9 atom stereocenters. The normalized spacial score (nSPS) is 45.0. The predicted octanol–water partition coefficient (Wildman–Crippen LogP) is 8.79. The number of nitrogens with one attached hydrogen (secondary N) is 1. The number of rotatable bonds is 8. The lowest BCUT2D eigenvalue weighted by molar-refractivity contribution is -0.221. The number of aliphatic carboxylic acids is 1. The number of carbonyl (C=O) groups is 1. The Kier molecular flexibility index (Phi) is 9.38. The molecule has 0 aromatic heterocycles. The number of hydrogen-bond acceptors (Lipinski definition) is 5. The zero-order valence-electron chi connectivity index (χ0n) is 30.2. The summed E-state index contributed by atoms with van der Waals surface area (Å²) in [5, 5.41) is 13.3. The molecule has 5 fully saturated rings. The van der Waals surface area contributed by atoms with E-state index in [1.165, 1.54) is 68.6 Å². The van der Waals surface area contributed by atoms with Crippen LogP contribution >= 0.6 is 10.6 Å². The van der Waals surface area contributed by atoms with Gasteiger partial charge in [0.1, 0.15) is 0 Å². The molecule has 0 bridgehead atoms. The quantitative estimate of drug-likeness (QED) is 0.117. The molecule has 47 heavy (non-hydrogen) atoms. The van der Waals surface area contributed by atoms with Crippen LogP contribution in [0.4, 0.5) is 0 Å². The molecule has 1 heterocycles. The molecular formula is C40H64N2O4S. The first kappa shape index (κ1) is 35.4. The zero-order valence-corrected chi connectivity index (χ0v) is 31.0. The summed E-state index contributed by atoms with van der Waals surface area (Å²) in [6.45, 7) is 23.4. The van der Waals surface area contributed by atoms with Gasteiger partial charge < -0.3 is 10.4 Å². The molecule has 5 aliphatic carbocycles. The van der Waals surface area contributed by atoms with Gasteiger partial charge in [-0.25, -0.2) is 4.79 Å². The van der Waals surface area contributed by atoms with E-state index in [9.17, 15) is 13.9 Å². The summed E-state index contributed by atoms with van der Waals surface area (Å²) < 4.78 is 20.2. The highest BCUT2D eigenvalue weighted by Gasteiger charge is 2.70. The van der Waals surface area contributed by atoms with Crippen molar-refractivity contribution in [2.45, 2.75) is 105 Å². The predicted molar refractivity (Wildman–Crippen MR) is 196 cm³/mol. The summed E-state index contributed by atoms with van der Waals surface area (Å²) in [5.74, 6) is 3.36. The summed E-state index contributed by atoms with van der Waals surface area (Å²) in [6.07, 6.45) is 20.8. The van der Waals surface area contributed by atoms with E-state index in [2.05, 4.69) is 70.5 Å². The molecular weight excluding hydrogens is 605 g/mol. The van der Waals surface area contributed by atoms with Gasteiger partial charge in [0, 0.05) is 37.8 Å². The van der Waals surface area contributed by atoms with Crippen LogP contribution in [0.1, 0.15) is 99.3 Å². The number of hydrogen-bond donors (Lipinski definition) is 4. The van der Waals surface area contributed by atoms with Crippen LogP contribution in [-0.2, 0) is 4.79 Å². The summed E-state index contributed by atoms with van der Waals surface area (Å²) in [6, 6.07) is 0. The highest BCUT2D eigenvalue weighted by molar-refractivity contribution is 8.24. The van der Waals surface area contributed by atoms with E-state index in [0.29, 0.717) is 51.9 Å². The van der Waals surface area contributed by atoms with Gasteiger partial charge in [-0.1, -0.05) is 71.1 Å². The van der Waals surface area contributed by atoms with Gasteiger partial charge in [0.05, 0.1) is 11.5 Å². The zero-order chi connectivity index (χ0) is 34.0. The molecule has 1 aliphatic heterocycles. The summed E-state index contributed by atoms with van der Waals surface area (Å²) >= 11 is 0. The SMILES string of the molecule is C=C(C)[C@@H]1CC[C@]2(NCCN3CCS(O)(O)CC3)CC[C@]3(C)[C@H](CC[C@@H]4[C@@]5(C)CC=C(/C=C/C=C/C(=O)O)C(C)(C)[C@@H]5CC[C@]43C)[C@@H]12. The standard InChI is InChI=1S/C40H64N2O4S/c1-28(2)30-15-19-40(41-22-23-42-24-26-47(45,46)27-25-42)21-20-38(6)31(35(30)40)12-13-33-37(5)17-14-29(10-8-9-11-34(43)44)36(3,4)32(37)16-18-39(33,38)7/h8-11,14,30-33,35,41,45-46H,1,12-13,15-27H2,2-7H3,(H,43,44)/b10-8+,11-9+/t30-,31+,32-,33+,35+,37-,38+,39+,40-/m0/s1. The minimum absolute atomic E-state index is 0.0489. The largest absolute Gasteiger partial charge is 0.478 e. The van der Waals surface area contributed by atoms with Gasteiger partial charge in [0.15, 0.2) is 0 Å². The van der Waals surface area contributed by atoms with Gasteiger partial charge in [0.25, 0.3) is 0 Å². The molecule has 264 valence electrons. The molecule has 0 aromatic rings. The van der Waals surface area contributed by atoms with Gasteiger partial charge in [-0.05, 0) is 122 Å². The third-order valence-corrected chi connectivity index (χ3v) is 17.4. The van der Waals surface area contributed by atoms with Gasteiger partial charge in [-0.3, -0.25) is 14.0 Å². The highest BCUT2D eigenvalue weighted by Crippen LogP contribution is 2.76. The number of fused-ring (bicyclic) bond motifs is 7.